The minimum absolute atomic E-state index is 0.208. The molecule has 0 fully saturated rings. The van der Waals surface area contributed by atoms with E-state index in [1.165, 1.54) is 3.58 Å². The van der Waals surface area contributed by atoms with Crippen molar-refractivity contribution in [3.05, 3.63) is 9.78 Å². The summed E-state index contributed by atoms with van der Waals surface area (Å²) in [4.78, 5) is 8.37. The van der Waals surface area contributed by atoms with Gasteiger partial charge in [0.05, 0.1) is 5.92 Å². The summed E-state index contributed by atoms with van der Waals surface area (Å²) in [6.45, 7) is 2.04. The summed E-state index contributed by atoms with van der Waals surface area (Å²) < 4.78 is 1.30. The Balaban J connectivity index is 2.33. The molecular weight excluding hydrogens is 253 g/mol. The van der Waals surface area contributed by atoms with Crippen LogP contribution in [0.1, 0.15) is 6.92 Å². The lowest BCUT2D eigenvalue weighted by Gasteiger charge is -2.19. The Morgan fingerprint density at radius 2 is 2.45 bits per heavy atom. The monoisotopic (exact) mass is 261 g/mol. The first kappa shape index (κ1) is 7.27. The van der Waals surface area contributed by atoms with Gasteiger partial charge in [0.25, 0.3) is 0 Å². The first-order valence-electron chi connectivity index (χ1n) is 3.46. The maximum Gasteiger partial charge on any atom is 0.132 e. The van der Waals surface area contributed by atoms with Gasteiger partial charge in [0.15, 0.2) is 0 Å². The van der Waals surface area contributed by atoms with E-state index in [0.717, 1.165) is 5.71 Å². The number of hydrogen-bond donors (Lipinski definition) is 1. The molecule has 58 valence electrons. The lowest BCUT2D eigenvalue weighted by atomic mass is 10.0. The van der Waals surface area contributed by atoms with E-state index in [9.17, 15) is 0 Å². The average Bonchev–Trinajstić information content (AvgIpc) is 2.34. The molecule has 0 saturated heterocycles. The largest absolute Gasteiger partial charge is 0.368 e. The first-order valence-corrected chi connectivity index (χ1v) is 4.54. The van der Waals surface area contributed by atoms with Crippen molar-refractivity contribution in [2.45, 2.75) is 13.1 Å². The van der Waals surface area contributed by atoms with Crippen molar-refractivity contribution in [2.75, 3.05) is 0 Å². The van der Waals surface area contributed by atoms with Crippen molar-refractivity contribution in [1.82, 2.24) is 5.32 Å². The summed E-state index contributed by atoms with van der Waals surface area (Å²) in [6.07, 6.45) is 3.85. The van der Waals surface area contributed by atoms with Gasteiger partial charge in [-0.1, -0.05) is 0 Å². The van der Waals surface area contributed by atoms with Crippen LogP contribution in [0.15, 0.2) is 19.8 Å². The highest BCUT2D eigenvalue weighted by atomic mass is 127. The SMILES string of the molecule is CC1=NC=NC2NC=C(I)C12. The second-order valence-electron chi connectivity index (χ2n) is 2.65. The number of nitrogens with one attached hydrogen (secondary N) is 1. The minimum atomic E-state index is 0.208. The van der Waals surface area contributed by atoms with E-state index in [1.54, 1.807) is 6.34 Å². The first-order chi connectivity index (χ1) is 5.29. The lowest BCUT2D eigenvalue weighted by Crippen LogP contribution is -2.31. The molecule has 0 aromatic rings. The number of nitrogens with zero attached hydrogens (tertiary/aromatic N) is 2. The second-order valence-corrected chi connectivity index (χ2v) is 3.90. The Hall–Kier alpha value is -0.390. The molecule has 0 aromatic heterocycles. The summed E-state index contributed by atoms with van der Waals surface area (Å²) in [6, 6.07) is 0. The van der Waals surface area contributed by atoms with E-state index in [1.807, 2.05) is 13.1 Å². The highest BCUT2D eigenvalue weighted by Gasteiger charge is 2.31. The lowest BCUT2D eigenvalue weighted by molar-refractivity contribution is 0.589. The summed E-state index contributed by atoms with van der Waals surface area (Å²) in [5.41, 5.74) is 1.15. The second kappa shape index (κ2) is 2.58. The molecule has 0 radical (unpaired) electrons. The number of aliphatic imine (C=N–C) groups is 2. The Morgan fingerprint density at radius 1 is 1.64 bits per heavy atom. The summed E-state index contributed by atoms with van der Waals surface area (Å²) in [7, 11) is 0. The number of hydrogen-bond acceptors (Lipinski definition) is 3. The molecule has 0 spiro atoms. The Kier molecular flexibility index (Phi) is 1.71. The molecular formula is C7H8IN3. The fourth-order valence-electron chi connectivity index (χ4n) is 1.34. The number of fused-ring (bicyclic) bond motifs is 1. The van der Waals surface area contributed by atoms with Gasteiger partial charge in [0.1, 0.15) is 12.5 Å². The average molecular weight is 261 g/mol. The van der Waals surface area contributed by atoms with E-state index in [4.69, 9.17) is 0 Å². The fourth-order valence-corrected chi connectivity index (χ4v) is 2.31. The summed E-state index contributed by atoms with van der Waals surface area (Å²) >= 11 is 2.33. The van der Waals surface area contributed by atoms with Crippen molar-refractivity contribution in [3.63, 3.8) is 0 Å². The predicted molar refractivity (Wildman–Crippen MR) is 54.1 cm³/mol. The van der Waals surface area contributed by atoms with Crippen molar-refractivity contribution in [3.8, 4) is 0 Å². The standard InChI is InChI=1S/C7H8IN3/c1-4-6-5(8)2-9-7(6)11-3-10-4/h2-3,6-7,9H,1H3. The summed E-state index contributed by atoms with van der Waals surface area (Å²) in [5.74, 6) is 0.389. The van der Waals surface area contributed by atoms with Crippen LogP contribution in [0.5, 0.6) is 0 Å². The predicted octanol–water partition coefficient (Wildman–Crippen LogP) is 1.31. The van der Waals surface area contributed by atoms with Crippen LogP contribution in [0.2, 0.25) is 0 Å². The molecule has 1 N–H and O–H groups in total. The van der Waals surface area contributed by atoms with Gasteiger partial charge in [-0.05, 0) is 29.5 Å². The van der Waals surface area contributed by atoms with Crippen molar-refractivity contribution in [2.24, 2.45) is 15.9 Å². The van der Waals surface area contributed by atoms with Crippen LogP contribution in [-0.2, 0) is 0 Å². The normalized spacial score (nSPS) is 34.0. The molecule has 0 aliphatic carbocycles. The van der Waals surface area contributed by atoms with Gasteiger partial charge in [-0.3, -0.25) is 0 Å². The zero-order valence-electron chi connectivity index (χ0n) is 6.08. The van der Waals surface area contributed by atoms with Crippen LogP contribution in [0.3, 0.4) is 0 Å². The molecule has 3 nitrogen and oxygen atoms in total. The molecule has 2 aliphatic heterocycles. The zero-order chi connectivity index (χ0) is 7.84. The zero-order valence-corrected chi connectivity index (χ0v) is 8.24. The van der Waals surface area contributed by atoms with E-state index in [2.05, 4.69) is 37.9 Å². The molecule has 2 atom stereocenters. The molecule has 2 unspecified atom stereocenters. The van der Waals surface area contributed by atoms with Crippen LogP contribution in [0.4, 0.5) is 0 Å². The molecule has 0 aromatic carbocycles. The van der Waals surface area contributed by atoms with E-state index >= 15 is 0 Å². The van der Waals surface area contributed by atoms with Gasteiger partial charge in [0.2, 0.25) is 0 Å². The molecule has 11 heavy (non-hydrogen) atoms. The maximum absolute atomic E-state index is 4.21. The van der Waals surface area contributed by atoms with Crippen LogP contribution in [-0.4, -0.2) is 18.2 Å². The van der Waals surface area contributed by atoms with Crippen LogP contribution >= 0.6 is 22.6 Å². The highest BCUT2D eigenvalue weighted by molar-refractivity contribution is 14.1. The fraction of sp³-hybridized carbons (Fsp3) is 0.429. The van der Waals surface area contributed by atoms with Crippen LogP contribution in [0, 0.1) is 5.92 Å². The third-order valence-corrected chi connectivity index (χ3v) is 2.93. The molecule has 0 amide bonds. The van der Waals surface area contributed by atoms with E-state index in [-0.39, 0.29) is 6.17 Å². The third-order valence-electron chi connectivity index (χ3n) is 1.94. The van der Waals surface area contributed by atoms with Gasteiger partial charge >= 0.3 is 0 Å². The minimum Gasteiger partial charge on any atom is -0.368 e. The molecule has 4 heteroatoms. The van der Waals surface area contributed by atoms with Gasteiger partial charge in [-0.15, -0.1) is 0 Å². The van der Waals surface area contributed by atoms with Gasteiger partial charge in [-0.2, -0.15) is 0 Å². The third kappa shape index (κ3) is 1.09. The molecule has 2 rings (SSSR count). The number of rotatable bonds is 0. The Labute approximate surface area is 78.8 Å². The van der Waals surface area contributed by atoms with Gasteiger partial charge in [-0.25, -0.2) is 9.98 Å². The molecule has 0 saturated carbocycles. The van der Waals surface area contributed by atoms with Gasteiger partial charge in [0, 0.05) is 15.5 Å². The van der Waals surface area contributed by atoms with Crippen molar-refractivity contribution >= 4 is 34.6 Å². The Morgan fingerprint density at radius 3 is 3.18 bits per heavy atom. The van der Waals surface area contributed by atoms with E-state index in [0.29, 0.717) is 5.92 Å². The smallest absolute Gasteiger partial charge is 0.132 e. The quantitative estimate of drug-likeness (QED) is 0.656. The summed E-state index contributed by atoms with van der Waals surface area (Å²) in [5, 5.41) is 3.19. The van der Waals surface area contributed by atoms with Crippen molar-refractivity contribution in [1.29, 1.82) is 0 Å². The van der Waals surface area contributed by atoms with Crippen LogP contribution < -0.4 is 5.32 Å². The maximum atomic E-state index is 4.21. The van der Waals surface area contributed by atoms with Crippen LogP contribution in [0.25, 0.3) is 0 Å². The number of halogens is 1. The Bertz CT molecular complexity index is 267. The molecule has 0 bridgehead atoms. The highest BCUT2D eigenvalue weighted by Crippen LogP contribution is 2.29. The van der Waals surface area contributed by atoms with Crippen molar-refractivity contribution < 1.29 is 0 Å². The molecule has 2 aliphatic rings. The van der Waals surface area contributed by atoms with Gasteiger partial charge < -0.3 is 5.32 Å². The topological polar surface area (TPSA) is 36.8 Å². The van der Waals surface area contributed by atoms with E-state index < -0.39 is 0 Å². The molecule has 2 heterocycles.